The lowest BCUT2D eigenvalue weighted by Crippen LogP contribution is -2.65. The van der Waals surface area contributed by atoms with Gasteiger partial charge in [0.25, 0.3) is 0 Å². The molecular formula is C13H19F3N2O2. The van der Waals surface area contributed by atoms with E-state index in [2.05, 4.69) is 0 Å². The van der Waals surface area contributed by atoms with Gasteiger partial charge in [-0.2, -0.15) is 13.2 Å². The smallest absolute Gasteiger partial charge is 0.329 e. The molecule has 4 nitrogen and oxygen atoms in total. The van der Waals surface area contributed by atoms with E-state index in [1.54, 1.807) is 6.92 Å². The Labute approximate surface area is 115 Å². The van der Waals surface area contributed by atoms with E-state index >= 15 is 0 Å². The number of hydrogen-bond acceptors (Lipinski definition) is 2. The summed E-state index contributed by atoms with van der Waals surface area (Å²) in [5, 5.41) is 0. The number of amides is 2. The molecule has 2 heterocycles. The van der Waals surface area contributed by atoms with Gasteiger partial charge in [0.15, 0.2) is 0 Å². The van der Waals surface area contributed by atoms with Crippen molar-refractivity contribution in [2.45, 2.75) is 63.8 Å². The van der Waals surface area contributed by atoms with Crippen molar-refractivity contribution < 1.29 is 22.8 Å². The molecule has 114 valence electrons. The third-order valence-corrected chi connectivity index (χ3v) is 4.08. The largest absolute Gasteiger partial charge is 0.391 e. The molecule has 0 spiro atoms. The van der Waals surface area contributed by atoms with Crippen molar-refractivity contribution in [1.29, 1.82) is 0 Å². The lowest BCUT2D eigenvalue weighted by molar-refractivity contribution is -0.172. The standard InChI is InChI=1S/C13H19F3N2O2/c1-3-9-11(19)17-6-4-5-10(17)12(20)18(9)8(2)7-13(14,15)16/h8-10H,3-7H2,1-2H3. The van der Waals surface area contributed by atoms with Crippen LogP contribution in [0.5, 0.6) is 0 Å². The van der Waals surface area contributed by atoms with Crippen molar-refractivity contribution in [2.75, 3.05) is 6.54 Å². The van der Waals surface area contributed by atoms with Gasteiger partial charge in [-0.05, 0) is 26.2 Å². The van der Waals surface area contributed by atoms with E-state index in [4.69, 9.17) is 0 Å². The van der Waals surface area contributed by atoms with Gasteiger partial charge < -0.3 is 9.80 Å². The fraction of sp³-hybridized carbons (Fsp3) is 0.846. The van der Waals surface area contributed by atoms with Gasteiger partial charge in [-0.25, -0.2) is 0 Å². The Morgan fingerprint density at radius 1 is 1.30 bits per heavy atom. The summed E-state index contributed by atoms with van der Waals surface area (Å²) in [6, 6.07) is -2.31. The first-order valence-corrected chi connectivity index (χ1v) is 6.95. The molecule has 2 aliphatic heterocycles. The minimum Gasteiger partial charge on any atom is -0.329 e. The molecule has 2 fully saturated rings. The quantitative estimate of drug-likeness (QED) is 0.797. The van der Waals surface area contributed by atoms with Crippen LogP contribution in [0.4, 0.5) is 13.2 Å². The van der Waals surface area contributed by atoms with Crippen LogP contribution in [0.1, 0.15) is 39.5 Å². The third kappa shape index (κ3) is 2.62. The minimum atomic E-state index is -4.34. The maximum Gasteiger partial charge on any atom is 0.391 e. The average Bonchev–Trinajstić information content (AvgIpc) is 2.80. The number of fused-ring (bicyclic) bond motifs is 1. The molecule has 2 rings (SSSR count). The molecule has 3 atom stereocenters. The van der Waals surface area contributed by atoms with Gasteiger partial charge in [-0.1, -0.05) is 6.92 Å². The van der Waals surface area contributed by atoms with Crippen LogP contribution in [0.3, 0.4) is 0 Å². The Morgan fingerprint density at radius 3 is 2.50 bits per heavy atom. The van der Waals surface area contributed by atoms with Gasteiger partial charge in [0.05, 0.1) is 6.42 Å². The molecular weight excluding hydrogens is 273 g/mol. The Bertz CT molecular complexity index is 411. The van der Waals surface area contributed by atoms with Gasteiger partial charge in [-0.3, -0.25) is 9.59 Å². The molecule has 0 N–H and O–H groups in total. The average molecular weight is 292 g/mol. The number of halogens is 3. The van der Waals surface area contributed by atoms with E-state index < -0.39 is 30.7 Å². The number of piperazine rings is 1. The Morgan fingerprint density at radius 2 is 1.95 bits per heavy atom. The molecule has 0 aromatic heterocycles. The van der Waals surface area contributed by atoms with Crippen molar-refractivity contribution in [1.82, 2.24) is 9.80 Å². The summed E-state index contributed by atoms with van der Waals surface area (Å²) in [5.41, 5.74) is 0. The molecule has 0 saturated carbocycles. The van der Waals surface area contributed by atoms with E-state index in [1.165, 1.54) is 16.7 Å². The first-order valence-electron chi connectivity index (χ1n) is 6.95. The maximum absolute atomic E-state index is 12.6. The number of nitrogens with zero attached hydrogens (tertiary/aromatic N) is 2. The van der Waals surface area contributed by atoms with Crippen molar-refractivity contribution in [3.05, 3.63) is 0 Å². The SMILES string of the molecule is CCC1C(=O)N2CCCC2C(=O)N1C(C)CC(F)(F)F. The van der Waals surface area contributed by atoms with Crippen LogP contribution in [-0.4, -0.2) is 52.5 Å². The molecule has 0 aromatic carbocycles. The van der Waals surface area contributed by atoms with Crippen LogP contribution >= 0.6 is 0 Å². The highest BCUT2D eigenvalue weighted by molar-refractivity contribution is 5.97. The van der Waals surface area contributed by atoms with Gasteiger partial charge in [-0.15, -0.1) is 0 Å². The number of carbonyl (C=O) groups excluding carboxylic acids is 2. The fourth-order valence-electron chi connectivity index (χ4n) is 3.25. The molecule has 0 aliphatic carbocycles. The van der Waals surface area contributed by atoms with E-state index in [-0.39, 0.29) is 11.8 Å². The lowest BCUT2D eigenvalue weighted by Gasteiger charge is -2.45. The fourth-order valence-corrected chi connectivity index (χ4v) is 3.25. The summed E-state index contributed by atoms with van der Waals surface area (Å²) in [4.78, 5) is 27.4. The molecule has 2 amide bonds. The normalized spacial score (nSPS) is 28.9. The molecule has 3 unspecified atom stereocenters. The van der Waals surface area contributed by atoms with Crippen LogP contribution in [0.25, 0.3) is 0 Å². The van der Waals surface area contributed by atoms with Crippen molar-refractivity contribution >= 4 is 11.8 Å². The van der Waals surface area contributed by atoms with Crippen LogP contribution in [0.15, 0.2) is 0 Å². The molecule has 0 aromatic rings. The van der Waals surface area contributed by atoms with E-state index in [0.717, 1.165) is 6.42 Å². The third-order valence-electron chi connectivity index (χ3n) is 4.08. The highest BCUT2D eigenvalue weighted by atomic mass is 19.4. The highest BCUT2D eigenvalue weighted by Crippen LogP contribution is 2.32. The number of rotatable bonds is 3. The summed E-state index contributed by atoms with van der Waals surface area (Å²) >= 11 is 0. The zero-order valence-corrected chi connectivity index (χ0v) is 11.6. The van der Waals surface area contributed by atoms with Crippen molar-refractivity contribution in [2.24, 2.45) is 0 Å². The van der Waals surface area contributed by atoms with Crippen LogP contribution in [0.2, 0.25) is 0 Å². The van der Waals surface area contributed by atoms with Crippen LogP contribution in [-0.2, 0) is 9.59 Å². The summed E-state index contributed by atoms with van der Waals surface area (Å²) in [7, 11) is 0. The van der Waals surface area contributed by atoms with Crippen LogP contribution < -0.4 is 0 Å². The van der Waals surface area contributed by atoms with Crippen molar-refractivity contribution in [3.8, 4) is 0 Å². The lowest BCUT2D eigenvalue weighted by atomic mass is 9.99. The van der Waals surface area contributed by atoms with Gasteiger partial charge in [0.1, 0.15) is 12.1 Å². The zero-order valence-electron chi connectivity index (χ0n) is 11.6. The molecule has 0 bridgehead atoms. The Kier molecular flexibility index (Phi) is 3.97. The first kappa shape index (κ1) is 15.1. The second kappa shape index (κ2) is 5.26. The van der Waals surface area contributed by atoms with Crippen molar-refractivity contribution in [3.63, 3.8) is 0 Å². The van der Waals surface area contributed by atoms with E-state index in [1.807, 2.05) is 0 Å². The maximum atomic E-state index is 12.6. The molecule has 0 radical (unpaired) electrons. The predicted octanol–water partition coefficient (Wildman–Crippen LogP) is 1.94. The number of hydrogen-bond donors (Lipinski definition) is 0. The molecule has 20 heavy (non-hydrogen) atoms. The zero-order chi connectivity index (χ0) is 15.1. The van der Waals surface area contributed by atoms with E-state index in [0.29, 0.717) is 19.4 Å². The first-order chi connectivity index (χ1) is 9.26. The van der Waals surface area contributed by atoms with Crippen LogP contribution in [0, 0.1) is 0 Å². The van der Waals surface area contributed by atoms with Gasteiger partial charge in [0, 0.05) is 12.6 Å². The second-order valence-electron chi connectivity index (χ2n) is 5.53. The number of alkyl halides is 3. The van der Waals surface area contributed by atoms with Gasteiger partial charge in [0.2, 0.25) is 11.8 Å². The Balaban J connectivity index is 2.24. The number of carbonyl (C=O) groups is 2. The topological polar surface area (TPSA) is 40.6 Å². The van der Waals surface area contributed by atoms with Gasteiger partial charge >= 0.3 is 6.18 Å². The summed E-state index contributed by atoms with van der Waals surface area (Å²) in [6.45, 7) is 3.62. The summed E-state index contributed by atoms with van der Waals surface area (Å²) in [5.74, 6) is -0.533. The predicted molar refractivity (Wildman–Crippen MR) is 65.8 cm³/mol. The molecule has 7 heteroatoms. The Hall–Kier alpha value is -1.27. The van der Waals surface area contributed by atoms with E-state index in [9.17, 15) is 22.8 Å². The summed E-state index contributed by atoms with van der Waals surface area (Å²) < 4.78 is 37.7. The molecule has 2 aliphatic rings. The highest BCUT2D eigenvalue weighted by Gasteiger charge is 2.49. The minimum absolute atomic E-state index is 0.205. The summed E-state index contributed by atoms with van der Waals surface area (Å²) in [6.07, 6.45) is -3.78. The molecule has 2 saturated heterocycles. The monoisotopic (exact) mass is 292 g/mol. The second-order valence-corrected chi connectivity index (χ2v) is 5.53.